The van der Waals surface area contributed by atoms with Gasteiger partial charge in [-0.2, -0.15) is 0 Å². The summed E-state index contributed by atoms with van der Waals surface area (Å²) in [5.74, 6) is -1.78. The van der Waals surface area contributed by atoms with E-state index in [1.807, 2.05) is 20.8 Å². The molecule has 0 spiro atoms. The fourth-order valence-electron chi connectivity index (χ4n) is 4.16. The Morgan fingerprint density at radius 2 is 1.86 bits per heavy atom. The van der Waals surface area contributed by atoms with Gasteiger partial charge in [-0.05, 0) is 64.2 Å². The van der Waals surface area contributed by atoms with Gasteiger partial charge in [0.1, 0.15) is 23.4 Å². The fraction of sp³-hybridized carbons (Fsp3) is 0.615. The zero-order chi connectivity index (χ0) is 27.2. The first-order chi connectivity index (χ1) is 16.7. The first kappa shape index (κ1) is 28.9. The first-order valence-corrected chi connectivity index (χ1v) is 12.4. The Morgan fingerprint density at radius 1 is 1.22 bits per heavy atom. The molecule has 0 bridgehead atoms. The molecule has 0 aliphatic heterocycles. The first-order valence-electron chi connectivity index (χ1n) is 12.4. The van der Waals surface area contributed by atoms with Crippen LogP contribution in [0, 0.1) is 5.92 Å². The molecule has 36 heavy (non-hydrogen) atoms. The molecule has 2 rings (SSSR count). The number of alkyl carbamates (subject to hydrolysis) is 1. The molecule has 5 N–H and O–H groups in total. The molecule has 1 saturated carbocycles. The van der Waals surface area contributed by atoms with E-state index in [4.69, 9.17) is 10.5 Å². The Bertz CT molecular complexity index is 960. The molecule has 0 saturated heterocycles. The van der Waals surface area contributed by atoms with Crippen molar-refractivity contribution in [3.8, 4) is 5.75 Å². The molecule has 0 heterocycles. The van der Waals surface area contributed by atoms with Crippen LogP contribution in [0.25, 0.3) is 0 Å². The van der Waals surface area contributed by atoms with E-state index >= 15 is 0 Å². The molecule has 5 atom stereocenters. The Hall–Kier alpha value is -3.30. The molecule has 4 amide bonds. The number of amides is 4. The van der Waals surface area contributed by atoms with Crippen molar-refractivity contribution >= 4 is 23.8 Å². The third-order valence-corrected chi connectivity index (χ3v) is 5.90. The zero-order valence-electron chi connectivity index (χ0n) is 22.0. The fourth-order valence-corrected chi connectivity index (χ4v) is 4.16. The minimum absolute atomic E-state index is 0.0521. The van der Waals surface area contributed by atoms with Crippen LogP contribution in [0.1, 0.15) is 78.8 Å². The summed E-state index contributed by atoms with van der Waals surface area (Å²) in [4.78, 5) is 53.3. The molecule has 5 unspecified atom stereocenters. The maximum Gasteiger partial charge on any atom is 0.408 e. The van der Waals surface area contributed by atoms with Crippen molar-refractivity contribution in [1.82, 2.24) is 15.5 Å². The molecule has 1 fully saturated rings. The van der Waals surface area contributed by atoms with E-state index in [9.17, 15) is 24.3 Å². The summed E-state index contributed by atoms with van der Waals surface area (Å²) in [5, 5.41) is 15.6. The van der Waals surface area contributed by atoms with Gasteiger partial charge in [0.15, 0.2) is 0 Å². The van der Waals surface area contributed by atoms with Crippen LogP contribution in [0.2, 0.25) is 0 Å². The van der Waals surface area contributed by atoms with Crippen molar-refractivity contribution in [2.24, 2.45) is 11.7 Å². The van der Waals surface area contributed by atoms with E-state index in [1.165, 1.54) is 17.0 Å². The van der Waals surface area contributed by atoms with Gasteiger partial charge < -0.3 is 31.1 Å². The van der Waals surface area contributed by atoms with E-state index in [2.05, 4.69) is 10.6 Å². The Kier molecular flexibility index (Phi) is 9.72. The number of aromatic hydroxyl groups is 1. The highest BCUT2D eigenvalue weighted by atomic mass is 16.6. The van der Waals surface area contributed by atoms with Gasteiger partial charge in [0.25, 0.3) is 0 Å². The van der Waals surface area contributed by atoms with Gasteiger partial charge in [-0.3, -0.25) is 14.4 Å². The topological polar surface area (TPSA) is 151 Å². The van der Waals surface area contributed by atoms with Crippen LogP contribution in [0.5, 0.6) is 5.75 Å². The Morgan fingerprint density at radius 3 is 2.36 bits per heavy atom. The van der Waals surface area contributed by atoms with Gasteiger partial charge in [0, 0.05) is 12.1 Å². The lowest BCUT2D eigenvalue weighted by Crippen LogP contribution is -2.55. The van der Waals surface area contributed by atoms with Gasteiger partial charge in [0.05, 0.1) is 6.42 Å². The number of phenols is 1. The summed E-state index contributed by atoms with van der Waals surface area (Å²) in [7, 11) is 0. The second kappa shape index (κ2) is 12.1. The monoisotopic (exact) mass is 504 g/mol. The highest BCUT2D eigenvalue weighted by Gasteiger charge is 2.48. The number of carbonyl (C=O) groups excluding carboxylic acids is 4. The smallest absolute Gasteiger partial charge is 0.408 e. The molecule has 200 valence electrons. The molecule has 1 aromatic carbocycles. The average molecular weight is 505 g/mol. The third kappa shape index (κ3) is 8.42. The molecular formula is C26H40N4O6. The Labute approximate surface area is 212 Å². The third-order valence-electron chi connectivity index (χ3n) is 5.90. The summed E-state index contributed by atoms with van der Waals surface area (Å²) in [6.45, 7) is 10.9. The average Bonchev–Trinajstić information content (AvgIpc) is 3.45. The number of primary amides is 1. The lowest BCUT2D eigenvalue weighted by Gasteiger charge is -2.35. The standard InChI is InChI=1S/C26H40N4O6/c1-7-9-16(3)28-23(33)22(17-10-8-11-18(31)13-17)30(20-12-15(20)2)24(34)19(14-21(27)32)29-25(35)36-26(4,5)6/h8,10-11,13,15-16,19-20,22,31H,7,9,12,14H2,1-6H3,(H2,27,32)(H,28,33)(H,29,35). The second-order valence-corrected chi connectivity index (χ2v) is 10.6. The maximum absolute atomic E-state index is 13.9. The number of nitrogens with zero attached hydrogens (tertiary/aromatic N) is 1. The highest BCUT2D eigenvalue weighted by Crippen LogP contribution is 2.41. The molecule has 10 heteroatoms. The molecule has 0 aromatic heterocycles. The van der Waals surface area contributed by atoms with Crippen molar-refractivity contribution in [2.45, 2.75) is 97.0 Å². The number of hydrogen-bond acceptors (Lipinski definition) is 6. The van der Waals surface area contributed by atoms with E-state index in [-0.39, 0.29) is 23.8 Å². The lowest BCUT2D eigenvalue weighted by atomic mass is 10.0. The van der Waals surface area contributed by atoms with Gasteiger partial charge in [-0.15, -0.1) is 0 Å². The van der Waals surface area contributed by atoms with E-state index in [1.54, 1.807) is 32.9 Å². The van der Waals surface area contributed by atoms with Crippen LogP contribution in [0.3, 0.4) is 0 Å². The van der Waals surface area contributed by atoms with Crippen LogP contribution >= 0.6 is 0 Å². The highest BCUT2D eigenvalue weighted by molar-refractivity contribution is 5.95. The molecule has 0 radical (unpaired) electrons. The maximum atomic E-state index is 13.9. The minimum atomic E-state index is -1.33. The number of rotatable bonds is 11. The molecular weight excluding hydrogens is 464 g/mol. The number of hydrogen-bond donors (Lipinski definition) is 4. The van der Waals surface area contributed by atoms with Gasteiger partial charge in [-0.25, -0.2) is 4.79 Å². The number of carbonyl (C=O) groups is 4. The Balaban J connectivity index is 2.49. The van der Waals surface area contributed by atoms with E-state index in [0.717, 1.165) is 12.8 Å². The predicted octanol–water partition coefficient (Wildman–Crippen LogP) is 2.74. The van der Waals surface area contributed by atoms with Crippen LogP contribution in [-0.4, -0.2) is 57.5 Å². The molecule has 1 aliphatic rings. The van der Waals surface area contributed by atoms with Crippen LogP contribution in [-0.2, 0) is 19.1 Å². The van der Waals surface area contributed by atoms with E-state index in [0.29, 0.717) is 12.0 Å². The van der Waals surface area contributed by atoms with Crippen LogP contribution in [0.15, 0.2) is 24.3 Å². The zero-order valence-corrected chi connectivity index (χ0v) is 22.0. The van der Waals surface area contributed by atoms with E-state index < -0.39 is 47.9 Å². The summed E-state index contributed by atoms with van der Waals surface area (Å²) in [5.41, 5.74) is 5.00. The number of benzene rings is 1. The number of phenolic OH excluding ortho intramolecular Hbond substituents is 1. The molecule has 1 aliphatic carbocycles. The number of ether oxygens (including phenoxy) is 1. The van der Waals surface area contributed by atoms with Crippen LogP contribution in [0.4, 0.5) is 4.79 Å². The van der Waals surface area contributed by atoms with Crippen molar-refractivity contribution in [3.05, 3.63) is 29.8 Å². The SMILES string of the molecule is CCCC(C)NC(=O)C(c1cccc(O)c1)N(C(=O)C(CC(N)=O)NC(=O)OC(C)(C)C)C1CC1C. The summed E-state index contributed by atoms with van der Waals surface area (Å²) in [6, 6.07) is 3.31. The van der Waals surface area contributed by atoms with Crippen molar-refractivity contribution < 1.29 is 29.0 Å². The van der Waals surface area contributed by atoms with Crippen LogP contribution < -0.4 is 16.4 Å². The van der Waals surface area contributed by atoms with Gasteiger partial charge >= 0.3 is 6.09 Å². The summed E-state index contributed by atoms with van der Waals surface area (Å²) < 4.78 is 5.28. The predicted molar refractivity (Wildman–Crippen MR) is 135 cm³/mol. The normalized spacial score (nSPS) is 19.4. The molecule has 1 aromatic rings. The summed E-state index contributed by atoms with van der Waals surface area (Å²) >= 11 is 0. The van der Waals surface area contributed by atoms with Gasteiger partial charge in [-0.1, -0.05) is 32.4 Å². The number of nitrogens with two attached hydrogens (primary N) is 1. The quantitative estimate of drug-likeness (QED) is 0.364. The largest absolute Gasteiger partial charge is 0.508 e. The summed E-state index contributed by atoms with van der Waals surface area (Å²) in [6.07, 6.45) is 0.920. The molecule has 10 nitrogen and oxygen atoms in total. The number of nitrogens with one attached hydrogen (secondary N) is 2. The lowest BCUT2D eigenvalue weighted by molar-refractivity contribution is -0.144. The van der Waals surface area contributed by atoms with Crippen molar-refractivity contribution in [3.63, 3.8) is 0 Å². The minimum Gasteiger partial charge on any atom is -0.508 e. The van der Waals surface area contributed by atoms with Crippen molar-refractivity contribution in [1.29, 1.82) is 0 Å². The second-order valence-electron chi connectivity index (χ2n) is 10.6. The van der Waals surface area contributed by atoms with Crippen molar-refractivity contribution in [2.75, 3.05) is 0 Å². The van der Waals surface area contributed by atoms with Gasteiger partial charge in [0.2, 0.25) is 17.7 Å².